The Morgan fingerprint density at radius 1 is 1.14 bits per heavy atom. The first-order valence-electron chi connectivity index (χ1n) is 6.64. The lowest BCUT2D eigenvalue weighted by Gasteiger charge is -2.26. The van der Waals surface area contributed by atoms with Crippen LogP contribution in [0.4, 0.5) is 4.39 Å². The van der Waals surface area contributed by atoms with Crippen molar-refractivity contribution in [3.63, 3.8) is 0 Å². The van der Waals surface area contributed by atoms with Crippen LogP contribution in [-0.2, 0) is 0 Å². The van der Waals surface area contributed by atoms with Gasteiger partial charge in [-0.1, -0.05) is 12.1 Å². The van der Waals surface area contributed by atoms with Gasteiger partial charge in [-0.3, -0.25) is 4.79 Å². The highest BCUT2D eigenvalue weighted by Crippen LogP contribution is 2.30. The second kappa shape index (κ2) is 5.83. The number of para-hydroxylation sites is 2. The highest BCUT2D eigenvalue weighted by molar-refractivity contribution is 5.94. The highest BCUT2D eigenvalue weighted by Gasteiger charge is 2.21. The van der Waals surface area contributed by atoms with E-state index in [1.54, 1.807) is 0 Å². The molecule has 0 aliphatic carbocycles. The van der Waals surface area contributed by atoms with Crippen LogP contribution in [0, 0.1) is 5.82 Å². The first kappa shape index (κ1) is 13.4. The molecule has 5 heteroatoms. The molecule has 2 aromatic rings. The predicted molar refractivity (Wildman–Crippen MR) is 75.1 cm³/mol. The van der Waals surface area contributed by atoms with Gasteiger partial charge in [0, 0.05) is 5.56 Å². The predicted octanol–water partition coefficient (Wildman–Crippen LogP) is 2.40. The van der Waals surface area contributed by atoms with Crippen molar-refractivity contribution in [1.82, 2.24) is 5.32 Å². The van der Waals surface area contributed by atoms with Crippen LogP contribution in [0.5, 0.6) is 11.5 Å². The van der Waals surface area contributed by atoms with Gasteiger partial charge in [0.05, 0.1) is 6.54 Å². The smallest absolute Gasteiger partial charge is 0.251 e. The summed E-state index contributed by atoms with van der Waals surface area (Å²) in [5.41, 5.74) is 0.411. The molecule has 108 valence electrons. The number of carbonyl (C=O) groups is 1. The number of amides is 1. The first-order chi connectivity index (χ1) is 10.2. The van der Waals surface area contributed by atoms with Crippen molar-refractivity contribution >= 4 is 5.91 Å². The number of benzene rings is 2. The van der Waals surface area contributed by atoms with Gasteiger partial charge in [0.1, 0.15) is 18.5 Å². The minimum absolute atomic E-state index is 0.246. The fraction of sp³-hybridized carbons (Fsp3) is 0.188. The summed E-state index contributed by atoms with van der Waals surface area (Å²) < 4.78 is 24.1. The molecule has 21 heavy (non-hydrogen) atoms. The molecule has 0 radical (unpaired) electrons. The molecular formula is C16H14FNO3. The maximum atomic E-state index is 12.8. The third-order valence-corrected chi connectivity index (χ3v) is 3.16. The van der Waals surface area contributed by atoms with Gasteiger partial charge in [0.25, 0.3) is 5.91 Å². The number of ether oxygens (including phenoxy) is 2. The van der Waals surface area contributed by atoms with Crippen LogP contribution in [0.1, 0.15) is 10.4 Å². The van der Waals surface area contributed by atoms with Gasteiger partial charge in [-0.2, -0.15) is 0 Å². The lowest BCUT2D eigenvalue weighted by molar-refractivity contribution is 0.0789. The molecule has 1 aliphatic heterocycles. The molecule has 0 saturated carbocycles. The van der Waals surface area contributed by atoms with E-state index in [4.69, 9.17) is 9.47 Å². The Labute approximate surface area is 121 Å². The summed E-state index contributed by atoms with van der Waals surface area (Å²) in [5, 5.41) is 2.75. The summed E-state index contributed by atoms with van der Waals surface area (Å²) in [5.74, 6) is 0.744. The topological polar surface area (TPSA) is 47.6 Å². The van der Waals surface area contributed by atoms with E-state index in [-0.39, 0.29) is 17.8 Å². The van der Waals surface area contributed by atoms with Crippen molar-refractivity contribution in [3.8, 4) is 11.5 Å². The molecule has 1 atom stereocenters. The van der Waals surface area contributed by atoms with Crippen LogP contribution < -0.4 is 14.8 Å². The number of nitrogens with one attached hydrogen (secondary N) is 1. The molecule has 0 fully saturated rings. The fourth-order valence-corrected chi connectivity index (χ4v) is 2.07. The van der Waals surface area contributed by atoms with E-state index in [9.17, 15) is 9.18 Å². The Morgan fingerprint density at radius 3 is 2.62 bits per heavy atom. The molecular weight excluding hydrogens is 273 g/mol. The molecule has 1 amide bonds. The van der Waals surface area contributed by atoms with Crippen molar-refractivity contribution in [1.29, 1.82) is 0 Å². The van der Waals surface area contributed by atoms with Crippen molar-refractivity contribution < 1.29 is 18.7 Å². The molecule has 1 N–H and O–H groups in total. The van der Waals surface area contributed by atoms with E-state index in [1.165, 1.54) is 24.3 Å². The summed E-state index contributed by atoms with van der Waals surface area (Å²) >= 11 is 0. The third kappa shape index (κ3) is 3.13. The average molecular weight is 287 g/mol. The molecule has 1 heterocycles. The van der Waals surface area contributed by atoms with Crippen LogP contribution >= 0.6 is 0 Å². The molecule has 0 bridgehead atoms. The molecule has 0 unspecified atom stereocenters. The summed E-state index contributed by atoms with van der Waals surface area (Å²) in [6, 6.07) is 12.8. The largest absolute Gasteiger partial charge is 0.486 e. The molecule has 0 spiro atoms. The number of hydrogen-bond acceptors (Lipinski definition) is 3. The lowest BCUT2D eigenvalue weighted by Crippen LogP contribution is -2.40. The SMILES string of the molecule is O=C(NC[C@H]1COc2ccccc2O1)c1ccc(F)cc1. The van der Waals surface area contributed by atoms with Gasteiger partial charge in [-0.15, -0.1) is 0 Å². The summed E-state index contributed by atoms with van der Waals surface area (Å²) in [6.07, 6.45) is -0.246. The Balaban J connectivity index is 1.56. The zero-order valence-corrected chi connectivity index (χ0v) is 11.2. The van der Waals surface area contributed by atoms with E-state index in [2.05, 4.69) is 5.32 Å². The van der Waals surface area contributed by atoms with E-state index >= 15 is 0 Å². The zero-order valence-electron chi connectivity index (χ0n) is 11.2. The van der Waals surface area contributed by atoms with Gasteiger partial charge in [-0.05, 0) is 36.4 Å². The summed E-state index contributed by atoms with van der Waals surface area (Å²) in [7, 11) is 0. The van der Waals surface area contributed by atoms with Gasteiger partial charge >= 0.3 is 0 Å². The lowest BCUT2D eigenvalue weighted by atomic mass is 10.2. The van der Waals surface area contributed by atoms with Crippen LogP contribution in [-0.4, -0.2) is 25.2 Å². The summed E-state index contributed by atoms with van der Waals surface area (Å²) in [4.78, 5) is 11.9. The van der Waals surface area contributed by atoms with Gasteiger partial charge in [-0.25, -0.2) is 4.39 Å². The first-order valence-corrected chi connectivity index (χ1v) is 6.64. The van der Waals surface area contributed by atoms with Crippen molar-refractivity contribution in [3.05, 3.63) is 59.9 Å². The number of rotatable bonds is 3. The van der Waals surface area contributed by atoms with Crippen molar-refractivity contribution in [2.75, 3.05) is 13.2 Å². The molecule has 3 rings (SSSR count). The van der Waals surface area contributed by atoms with E-state index < -0.39 is 0 Å². The van der Waals surface area contributed by atoms with Crippen LogP contribution in [0.25, 0.3) is 0 Å². The second-order valence-corrected chi connectivity index (χ2v) is 4.71. The minimum atomic E-state index is -0.368. The molecule has 1 aliphatic rings. The maximum Gasteiger partial charge on any atom is 0.251 e. The average Bonchev–Trinajstić information content (AvgIpc) is 2.53. The Morgan fingerprint density at radius 2 is 1.86 bits per heavy atom. The molecule has 4 nitrogen and oxygen atoms in total. The van der Waals surface area contributed by atoms with Gasteiger partial charge < -0.3 is 14.8 Å². The van der Waals surface area contributed by atoms with Gasteiger partial charge in [0.15, 0.2) is 11.5 Å². The number of halogens is 1. The Bertz CT molecular complexity index is 642. The van der Waals surface area contributed by atoms with Crippen molar-refractivity contribution in [2.24, 2.45) is 0 Å². The molecule has 0 aromatic heterocycles. The fourth-order valence-electron chi connectivity index (χ4n) is 2.07. The Kier molecular flexibility index (Phi) is 3.73. The van der Waals surface area contributed by atoms with Crippen molar-refractivity contribution in [2.45, 2.75) is 6.10 Å². The number of hydrogen-bond donors (Lipinski definition) is 1. The van der Waals surface area contributed by atoms with Crippen LogP contribution in [0.2, 0.25) is 0 Å². The number of carbonyl (C=O) groups excluding carboxylic acids is 1. The zero-order chi connectivity index (χ0) is 14.7. The normalized spacial score (nSPS) is 16.3. The monoisotopic (exact) mass is 287 g/mol. The summed E-state index contributed by atoms with van der Waals surface area (Å²) in [6.45, 7) is 0.700. The minimum Gasteiger partial charge on any atom is -0.486 e. The quantitative estimate of drug-likeness (QED) is 0.943. The molecule has 0 saturated heterocycles. The second-order valence-electron chi connectivity index (χ2n) is 4.71. The molecule has 2 aromatic carbocycles. The Hall–Kier alpha value is -2.56. The maximum absolute atomic E-state index is 12.8. The highest BCUT2D eigenvalue weighted by atomic mass is 19.1. The van der Waals surface area contributed by atoms with E-state index in [1.807, 2.05) is 24.3 Å². The van der Waals surface area contributed by atoms with E-state index in [0.717, 1.165) is 0 Å². The third-order valence-electron chi connectivity index (χ3n) is 3.16. The van der Waals surface area contributed by atoms with E-state index in [0.29, 0.717) is 30.2 Å². The number of fused-ring (bicyclic) bond motifs is 1. The van der Waals surface area contributed by atoms with Crippen LogP contribution in [0.3, 0.4) is 0 Å². The van der Waals surface area contributed by atoms with Crippen LogP contribution in [0.15, 0.2) is 48.5 Å². The standard InChI is InChI=1S/C16H14FNO3/c17-12-7-5-11(6-8-12)16(19)18-9-13-10-20-14-3-1-2-4-15(14)21-13/h1-8,13H,9-10H2,(H,18,19)/t13-/m0/s1. The van der Waals surface area contributed by atoms with Gasteiger partial charge in [0.2, 0.25) is 0 Å².